The summed E-state index contributed by atoms with van der Waals surface area (Å²) in [5, 5.41) is 2.78. The van der Waals surface area contributed by atoms with Crippen molar-refractivity contribution in [2.24, 2.45) is 11.6 Å². The average Bonchev–Trinajstić information content (AvgIpc) is 2.58. The average molecular weight is 195 g/mol. The zero-order valence-electron chi connectivity index (χ0n) is 9.30. The second-order valence-electron chi connectivity index (χ2n) is 3.66. The largest absolute Gasteiger partial charge is 0.369 e. The number of amides is 2. The fraction of sp³-hybridized carbons (Fsp3) is 0.556. The van der Waals surface area contributed by atoms with E-state index < -0.39 is 0 Å². The molecule has 0 unspecified atom stereocenters. The molecule has 5 heteroatoms. The third-order valence-electron chi connectivity index (χ3n) is 2.51. The summed E-state index contributed by atoms with van der Waals surface area (Å²) in [6.45, 7) is 5.57. The SMILES string of the molecule is [2H]NC(=O)[C@H]1CC(=C)C[C@@H]1NC(=O)BC. The summed E-state index contributed by atoms with van der Waals surface area (Å²) >= 11 is 0. The monoisotopic (exact) mass is 195 g/mol. The Kier molecular flexibility index (Phi) is 2.86. The molecular formula is C9H15BN2O2. The summed E-state index contributed by atoms with van der Waals surface area (Å²) in [4.78, 5) is 22.6. The van der Waals surface area contributed by atoms with E-state index in [1.807, 2.05) is 5.73 Å². The Morgan fingerprint density at radius 2 is 2.43 bits per heavy atom. The number of primary amides is 1. The molecule has 0 radical (unpaired) electrons. The van der Waals surface area contributed by atoms with Crippen LogP contribution >= 0.6 is 0 Å². The van der Waals surface area contributed by atoms with Crippen LogP contribution in [0.1, 0.15) is 12.8 Å². The number of carbonyl (C=O) groups is 2. The minimum absolute atomic E-state index is 0.0718. The van der Waals surface area contributed by atoms with E-state index in [-0.39, 0.29) is 23.7 Å². The van der Waals surface area contributed by atoms with Crippen LogP contribution in [-0.2, 0) is 4.79 Å². The van der Waals surface area contributed by atoms with Gasteiger partial charge in [0.2, 0.25) is 13.2 Å². The van der Waals surface area contributed by atoms with Gasteiger partial charge in [0, 0.05) is 6.04 Å². The molecule has 0 heterocycles. The number of rotatable bonds is 3. The summed E-state index contributed by atoms with van der Waals surface area (Å²) in [7, 11) is 0.401. The lowest BCUT2D eigenvalue weighted by molar-refractivity contribution is -0.122. The molecule has 1 aliphatic rings. The van der Waals surface area contributed by atoms with Crippen LogP contribution in [0.25, 0.3) is 0 Å². The number of nitrogens with one attached hydrogen (secondary N) is 1. The second-order valence-corrected chi connectivity index (χ2v) is 3.66. The Bertz CT molecular complexity index is 296. The molecule has 0 saturated heterocycles. The van der Waals surface area contributed by atoms with E-state index >= 15 is 0 Å². The zero-order valence-corrected chi connectivity index (χ0v) is 8.30. The summed E-state index contributed by atoms with van der Waals surface area (Å²) in [5.74, 6) is -0.766. The highest BCUT2D eigenvalue weighted by Crippen LogP contribution is 2.29. The maximum Gasteiger partial charge on any atom is 0.230 e. The molecule has 0 spiro atoms. The van der Waals surface area contributed by atoms with Gasteiger partial charge in [0.15, 0.2) is 7.22 Å². The first-order valence-electron chi connectivity index (χ1n) is 5.26. The lowest BCUT2D eigenvalue weighted by Crippen LogP contribution is -2.43. The van der Waals surface area contributed by atoms with Gasteiger partial charge < -0.3 is 11.0 Å². The van der Waals surface area contributed by atoms with Gasteiger partial charge >= 0.3 is 0 Å². The van der Waals surface area contributed by atoms with E-state index in [0.29, 0.717) is 20.1 Å². The van der Waals surface area contributed by atoms with Crippen molar-refractivity contribution >= 4 is 19.0 Å². The Morgan fingerprint density at radius 1 is 1.71 bits per heavy atom. The van der Waals surface area contributed by atoms with E-state index in [0.717, 1.165) is 5.57 Å². The van der Waals surface area contributed by atoms with Crippen molar-refractivity contribution in [3.05, 3.63) is 12.2 Å². The zero-order chi connectivity index (χ0) is 11.4. The molecule has 14 heavy (non-hydrogen) atoms. The van der Waals surface area contributed by atoms with Crippen molar-refractivity contribution < 1.29 is 11.0 Å². The van der Waals surface area contributed by atoms with Gasteiger partial charge in [-0.3, -0.25) is 9.59 Å². The van der Waals surface area contributed by atoms with Gasteiger partial charge in [-0.05, 0) is 12.8 Å². The number of hydrogen-bond acceptors (Lipinski definition) is 2. The molecule has 0 aromatic carbocycles. The minimum Gasteiger partial charge on any atom is -0.369 e. The molecule has 1 aliphatic carbocycles. The number of hydrogen-bond donors (Lipinski definition) is 2. The topological polar surface area (TPSA) is 72.2 Å². The van der Waals surface area contributed by atoms with Gasteiger partial charge in [-0.1, -0.05) is 19.0 Å². The molecule has 76 valence electrons. The molecule has 0 aromatic heterocycles. The lowest BCUT2D eigenvalue weighted by Gasteiger charge is -2.17. The molecule has 3 N–H and O–H groups in total. The quantitative estimate of drug-likeness (QED) is 0.491. The van der Waals surface area contributed by atoms with E-state index in [1.54, 1.807) is 6.82 Å². The Hall–Kier alpha value is -1.26. The van der Waals surface area contributed by atoms with Gasteiger partial charge in [-0.15, -0.1) is 0 Å². The molecule has 1 saturated carbocycles. The first kappa shape index (κ1) is 9.31. The molecule has 2 atom stereocenters. The van der Waals surface area contributed by atoms with Crippen molar-refractivity contribution in [2.45, 2.75) is 25.7 Å². The molecule has 1 fully saturated rings. The molecule has 4 nitrogen and oxygen atoms in total. The number of carbonyl (C=O) groups excluding carboxylic acids is 2. The van der Waals surface area contributed by atoms with Gasteiger partial charge in [-0.2, -0.15) is 0 Å². The predicted molar refractivity (Wildman–Crippen MR) is 56.4 cm³/mol. The van der Waals surface area contributed by atoms with Crippen molar-refractivity contribution in [1.82, 2.24) is 5.32 Å². The van der Waals surface area contributed by atoms with Crippen LogP contribution < -0.4 is 11.0 Å². The number of nitrogens with two attached hydrogens (primary N) is 1. The van der Waals surface area contributed by atoms with E-state index in [1.165, 1.54) is 0 Å². The predicted octanol–water partition coefficient (Wildman–Crippen LogP) is 0.000700. The third-order valence-corrected chi connectivity index (χ3v) is 2.51. The summed E-state index contributed by atoms with van der Waals surface area (Å²) < 4.78 is 6.81. The van der Waals surface area contributed by atoms with E-state index in [4.69, 9.17) is 1.41 Å². The molecule has 1 rings (SSSR count). The van der Waals surface area contributed by atoms with E-state index in [2.05, 4.69) is 11.9 Å². The van der Waals surface area contributed by atoms with Gasteiger partial charge in [0.05, 0.1) is 5.92 Å². The lowest BCUT2D eigenvalue weighted by atomic mass is 9.81. The van der Waals surface area contributed by atoms with Crippen molar-refractivity contribution in [3.8, 4) is 0 Å². The van der Waals surface area contributed by atoms with Crippen LogP contribution in [0.3, 0.4) is 0 Å². The van der Waals surface area contributed by atoms with Crippen LogP contribution in [0.2, 0.25) is 8.23 Å². The molecular weight excluding hydrogens is 179 g/mol. The first-order valence-corrected chi connectivity index (χ1v) is 4.76. The minimum atomic E-state index is -0.352. The second kappa shape index (κ2) is 4.31. The van der Waals surface area contributed by atoms with Crippen LogP contribution in [0.5, 0.6) is 0 Å². The smallest absolute Gasteiger partial charge is 0.230 e. The molecule has 0 aliphatic heterocycles. The molecule has 0 aromatic rings. The van der Waals surface area contributed by atoms with Gasteiger partial charge in [0.1, 0.15) is 0 Å². The highest BCUT2D eigenvalue weighted by atomic mass is 16.2. The third kappa shape index (κ3) is 2.37. The fourth-order valence-electron chi connectivity index (χ4n) is 1.73. The fourth-order valence-corrected chi connectivity index (χ4v) is 1.73. The summed E-state index contributed by atoms with van der Waals surface area (Å²) in [6, 6.07) is -0.199. The molecule has 0 bridgehead atoms. The summed E-state index contributed by atoms with van der Waals surface area (Å²) in [6.07, 6.45) is 1.18. The highest BCUT2D eigenvalue weighted by Gasteiger charge is 2.34. The normalized spacial score (nSPS) is 26.6. The highest BCUT2D eigenvalue weighted by molar-refractivity contribution is 6.72. The van der Waals surface area contributed by atoms with E-state index in [9.17, 15) is 9.59 Å². The standard InChI is InChI=1S/C9H15BN2O2/c1-5-3-6(8(11)13)7(4-5)12-9(14)10-2/h6-7,10H,1,3-4H2,2H3,(H2,11,13)(H,12,14)/t6-,7-/m0/s1/i/hD. The first-order chi connectivity index (χ1) is 7.08. The van der Waals surface area contributed by atoms with Crippen LogP contribution in [0.15, 0.2) is 12.2 Å². The maximum absolute atomic E-state index is 11.3. The van der Waals surface area contributed by atoms with Crippen molar-refractivity contribution in [1.29, 1.82) is 0 Å². The van der Waals surface area contributed by atoms with Crippen LogP contribution in [-0.4, -0.2) is 25.0 Å². The van der Waals surface area contributed by atoms with Crippen molar-refractivity contribution in [2.75, 3.05) is 0 Å². The van der Waals surface area contributed by atoms with Crippen molar-refractivity contribution in [3.63, 3.8) is 0 Å². The Morgan fingerprint density at radius 3 is 3.00 bits per heavy atom. The van der Waals surface area contributed by atoms with Gasteiger partial charge in [0.25, 0.3) is 0 Å². The van der Waals surface area contributed by atoms with Crippen LogP contribution in [0, 0.1) is 5.92 Å². The Labute approximate surface area is 85.6 Å². The summed E-state index contributed by atoms with van der Waals surface area (Å²) in [5.41, 5.74) is 2.82. The molecule has 2 amide bonds. The Balaban J connectivity index is 2.64. The maximum atomic E-state index is 11.3. The van der Waals surface area contributed by atoms with Gasteiger partial charge in [-0.25, -0.2) is 0 Å². The van der Waals surface area contributed by atoms with Crippen LogP contribution in [0.4, 0.5) is 4.79 Å².